The summed E-state index contributed by atoms with van der Waals surface area (Å²) >= 11 is 0. The van der Waals surface area contributed by atoms with Crippen LogP contribution in [-0.4, -0.2) is 41.1 Å². The van der Waals surface area contributed by atoms with Crippen molar-refractivity contribution in [1.29, 1.82) is 0 Å². The van der Waals surface area contributed by atoms with Crippen LogP contribution in [0.3, 0.4) is 0 Å². The molecule has 0 aromatic heterocycles. The molecule has 0 aliphatic heterocycles. The molecule has 1 atom stereocenters. The van der Waals surface area contributed by atoms with Crippen LogP contribution in [0.25, 0.3) is 0 Å². The lowest BCUT2D eigenvalue weighted by atomic mass is 10.2. The normalized spacial score (nSPS) is 12.4. The molecule has 134 valence electrons. The number of hydrogen-bond acceptors (Lipinski definition) is 4. The minimum atomic E-state index is -3.68. The van der Waals surface area contributed by atoms with Gasteiger partial charge >= 0.3 is 0 Å². The minimum absolute atomic E-state index is 0.125. The Morgan fingerprint density at radius 2 is 1.72 bits per heavy atom. The van der Waals surface area contributed by atoms with E-state index in [4.69, 9.17) is 4.74 Å². The molecule has 2 aromatic rings. The Balaban J connectivity index is 2.17. The van der Waals surface area contributed by atoms with Crippen LogP contribution in [0.5, 0.6) is 0 Å². The van der Waals surface area contributed by atoms with Crippen LogP contribution in [0.15, 0.2) is 59.5 Å². The summed E-state index contributed by atoms with van der Waals surface area (Å²) in [7, 11) is -0.626. The number of carbonyl (C=O) groups excluding carboxylic acids is 1. The van der Waals surface area contributed by atoms with Crippen molar-refractivity contribution < 1.29 is 17.9 Å². The Bertz CT molecular complexity index is 805. The Hall–Kier alpha value is -2.38. The van der Waals surface area contributed by atoms with Crippen molar-refractivity contribution in [2.75, 3.05) is 25.1 Å². The minimum Gasteiger partial charge on any atom is -0.383 e. The number of hydrogen-bond donors (Lipinski definition) is 1. The number of nitrogens with one attached hydrogen (secondary N) is 1. The maximum atomic E-state index is 12.7. The van der Waals surface area contributed by atoms with E-state index in [0.717, 1.165) is 0 Å². The highest BCUT2D eigenvalue weighted by molar-refractivity contribution is 7.92. The average Bonchev–Trinajstić information content (AvgIpc) is 2.62. The number of ether oxygens (including phenoxy) is 1. The van der Waals surface area contributed by atoms with Crippen molar-refractivity contribution >= 4 is 21.6 Å². The summed E-state index contributed by atoms with van der Waals surface area (Å²) in [5.74, 6) is -0.273. The second-order valence-corrected chi connectivity index (χ2v) is 7.63. The topological polar surface area (TPSA) is 75.7 Å². The maximum absolute atomic E-state index is 12.7. The third-order valence-electron chi connectivity index (χ3n) is 3.69. The SMILES string of the molecule is COCC(C)NC(=O)c1ccc(S(=O)(=O)N(C)c2ccccc2)cc1. The fourth-order valence-electron chi connectivity index (χ4n) is 2.31. The largest absolute Gasteiger partial charge is 0.383 e. The molecule has 0 fully saturated rings. The summed E-state index contributed by atoms with van der Waals surface area (Å²) in [6, 6.07) is 14.5. The van der Waals surface area contributed by atoms with Crippen molar-refractivity contribution in [3.8, 4) is 0 Å². The van der Waals surface area contributed by atoms with Gasteiger partial charge in [0, 0.05) is 25.8 Å². The number of sulfonamides is 1. The number of benzene rings is 2. The number of para-hydroxylation sites is 1. The highest BCUT2D eigenvalue weighted by Gasteiger charge is 2.21. The van der Waals surface area contributed by atoms with Gasteiger partial charge in [-0.1, -0.05) is 18.2 Å². The number of amides is 1. The van der Waals surface area contributed by atoms with E-state index >= 15 is 0 Å². The summed E-state index contributed by atoms with van der Waals surface area (Å²) in [5.41, 5.74) is 0.960. The molecule has 0 aliphatic carbocycles. The van der Waals surface area contributed by atoms with Gasteiger partial charge in [0.05, 0.1) is 17.2 Å². The lowest BCUT2D eigenvalue weighted by molar-refractivity contribution is 0.0905. The zero-order valence-electron chi connectivity index (χ0n) is 14.5. The van der Waals surface area contributed by atoms with Crippen molar-refractivity contribution in [2.45, 2.75) is 17.9 Å². The first-order valence-corrected chi connectivity index (χ1v) is 9.24. The first-order chi connectivity index (χ1) is 11.9. The predicted molar refractivity (Wildman–Crippen MR) is 97.3 cm³/mol. The zero-order valence-corrected chi connectivity index (χ0v) is 15.3. The van der Waals surface area contributed by atoms with Crippen LogP contribution in [0, 0.1) is 0 Å². The van der Waals surface area contributed by atoms with Crippen LogP contribution >= 0.6 is 0 Å². The van der Waals surface area contributed by atoms with E-state index in [0.29, 0.717) is 17.9 Å². The van der Waals surface area contributed by atoms with Gasteiger partial charge in [0.15, 0.2) is 0 Å². The molecule has 0 saturated heterocycles. The fourth-order valence-corrected chi connectivity index (χ4v) is 3.51. The van der Waals surface area contributed by atoms with E-state index in [1.54, 1.807) is 31.4 Å². The average molecular weight is 362 g/mol. The van der Waals surface area contributed by atoms with E-state index in [-0.39, 0.29) is 16.8 Å². The third kappa shape index (κ3) is 4.58. The second kappa shape index (κ2) is 8.13. The van der Waals surface area contributed by atoms with E-state index in [1.807, 2.05) is 13.0 Å². The molecule has 25 heavy (non-hydrogen) atoms. The predicted octanol–water partition coefficient (Wildman–Crippen LogP) is 2.28. The number of nitrogens with zero attached hydrogens (tertiary/aromatic N) is 1. The van der Waals surface area contributed by atoms with Gasteiger partial charge < -0.3 is 10.1 Å². The monoisotopic (exact) mass is 362 g/mol. The number of anilines is 1. The highest BCUT2D eigenvalue weighted by Crippen LogP contribution is 2.21. The first kappa shape index (κ1) is 19.0. The Morgan fingerprint density at radius 3 is 2.28 bits per heavy atom. The van der Waals surface area contributed by atoms with E-state index < -0.39 is 10.0 Å². The molecule has 2 aromatic carbocycles. The summed E-state index contributed by atoms with van der Waals surface area (Å²) in [5, 5.41) is 2.78. The van der Waals surface area contributed by atoms with Gasteiger partial charge in [0.1, 0.15) is 0 Å². The lowest BCUT2D eigenvalue weighted by Crippen LogP contribution is -2.35. The quantitative estimate of drug-likeness (QED) is 0.820. The van der Waals surface area contributed by atoms with E-state index in [9.17, 15) is 13.2 Å². The molecule has 0 spiro atoms. The van der Waals surface area contributed by atoms with Gasteiger partial charge in [-0.05, 0) is 43.3 Å². The molecule has 1 amide bonds. The molecular weight excluding hydrogens is 340 g/mol. The second-order valence-electron chi connectivity index (χ2n) is 5.66. The third-order valence-corrected chi connectivity index (χ3v) is 5.49. The van der Waals surface area contributed by atoms with Crippen molar-refractivity contribution in [2.24, 2.45) is 0 Å². The first-order valence-electron chi connectivity index (χ1n) is 7.80. The molecular formula is C18H22N2O4S. The highest BCUT2D eigenvalue weighted by atomic mass is 32.2. The molecule has 1 N–H and O–H groups in total. The summed E-state index contributed by atoms with van der Waals surface area (Å²) in [4.78, 5) is 12.2. The number of rotatable bonds is 7. The van der Waals surface area contributed by atoms with Gasteiger partial charge in [0.25, 0.3) is 15.9 Å². The molecule has 0 bridgehead atoms. The molecule has 0 aliphatic rings. The van der Waals surface area contributed by atoms with E-state index in [2.05, 4.69) is 5.32 Å². The molecule has 0 heterocycles. The van der Waals surface area contributed by atoms with Crippen LogP contribution in [0.1, 0.15) is 17.3 Å². The zero-order chi connectivity index (χ0) is 18.4. The van der Waals surface area contributed by atoms with Crippen LogP contribution in [0.2, 0.25) is 0 Å². The summed E-state index contributed by atoms with van der Waals surface area (Å²) in [6.45, 7) is 2.23. The van der Waals surface area contributed by atoms with Gasteiger partial charge in [-0.25, -0.2) is 8.42 Å². The molecule has 0 saturated carbocycles. The van der Waals surface area contributed by atoms with Gasteiger partial charge in [0.2, 0.25) is 0 Å². The molecule has 2 rings (SSSR count). The van der Waals surface area contributed by atoms with Crippen LogP contribution < -0.4 is 9.62 Å². The standard InChI is InChI=1S/C18H22N2O4S/c1-14(13-24-3)19-18(21)15-9-11-17(12-10-15)25(22,23)20(2)16-7-5-4-6-8-16/h4-12,14H,13H2,1-3H3,(H,19,21). The lowest BCUT2D eigenvalue weighted by Gasteiger charge is -2.19. The van der Waals surface area contributed by atoms with Crippen molar-refractivity contribution in [3.63, 3.8) is 0 Å². The fraction of sp³-hybridized carbons (Fsp3) is 0.278. The summed E-state index contributed by atoms with van der Waals surface area (Å²) in [6.07, 6.45) is 0. The Morgan fingerprint density at radius 1 is 1.12 bits per heavy atom. The Labute approximate surface area is 148 Å². The molecule has 7 heteroatoms. The maximum Gasteiger partial charge on any atom is 0.264 e. The van der Waals surface area contributed by atoms with E-state index in [1.165, 1.54) is 35.6 Å². The number of methoxy groups -OCH3 is 1. The molecule has 6 nitrogen and oxygen atoms in total. The molecule has 1 unspecified atom stereocenters. The van der Waals surface area contributed by atoms with Gasteiger partial charge in [-0.2, -0.15) is 0 Å². The van der Waals surface area contributed by atoms with Gasteiger partial charge in [-0.3, -0.25) is 9.10 Å². The molecule has 0 radical (unpaired) electrons. The Kier molecular flexibility index (Phi) is 6.17. The van der Waals surface area contributed by atoms with Gasteiger partial charge in [-0.15, -0.1) is 0 Å². The smallest absolute Gasteiger partial charge is 0.264 e. The summed E-state index contributed by atoms with van der Waals surface area (Å²) < 4.78 is 31.6. The number of carbonyl (C=O) groups is 1. The van der Waals surface area contributed by atoms with Crippen molar-refractivity contribution in [1.82, 2.24) is 5.32 Å². The van der Waals surface area contributed by atoms with Crippen LogP contribution in [0.4, 0.5) is 5.69 Å². The van der Waals surface area contributed by atoms with Crippen molar-refractivity contribution in [3.05, 3.63) is 60.2 Å². The van der Waals surface area contributed by atoms with Crippen LogP contribution in [-0.2, 0) is 14.8 Å².